The molecule has 3 rings (SSSR count). The van der Waals surface area contributed by atoms with Crippen LogP contribution in [0.3, 0.4) is 0 Å². The largest absolute Gasteiger partial charge is 0.372 e. The number of carbonyl (C=O) groups excluding carboxylic acids is 2. The Bertz CT molecular complexity index is 729. The van der Waals surface area contributed by atoms with Crippen LogP contribution in [0.25, 0.3) is 0 Å². The number of nitrogens with zero attached hydrogens (tertiary/aromatic N) is 1. The average molecular weight is 432 g/mol. The van der Waals surface area contributed by atoms with E-state index in [1.165, 1.54) is 34.7 Å². The fourth-order valence-corrected chi connectivity index (χ4v) is 4.57. The molecule has 0 bridgehead atoms. The van der Waals surface area contributed by atoms with Crippen LogP contribution in [0.2, 0.25) is 0 Å². The van der Waals surface area contributed by atoms with Crippen LogP contribution in [-0.2, 0) is 9.59 Å². The number of hydrogen-bond donors (Lipinski definition) is 4. The van der Waals surface area contributed by atoms with Crippen molar-refractivity contribution in [3.63, 3.8) is 0 Å². The molecule has 0 unspecified atom stereocenters. The number of anilines is 2. The van der Waals surface area contributed by atoms with Crippen molar-refractivity contribution in [3.8, 4) is 0 Å². The van der Waals surface area contributed by atoms with Crippen molar-refractivity contribution < 1.29 is 19.4 Å². The van der Waals surface area contributed by atoms with Gasteiger partial charge in [0.15, 0.2) is 12.6 Å². The van der Waals surface area contributed by atoms with Crippen molar-refractivity contribution >= 4 is 23.2 Å². The van der Waals surface area contributed by atoms with Gasteiger partial charge in [-0.15, -0.1) is 0 Å². The number of hydrogen-bond acceptors (Lipinski definition) is 3. The third-order valence-corrected chi connectivity index (χ3v) is 6.39. The van der Waals surface area contributed by atoms with Gasteiger partial charge in [0, 0.05) is 30.0 Å². The summed E-state index contributed by atoms with van der Waals surface area (Å²) >= 11 is 0. The van der Waals surface area contributed by atoms with Crippen molar-refractivity contribution in [2.24, 2.45) is 0 Å². The molecule has 2 fully saturated rings. The molecule has 7 heteroatoms. The topological polar surface area (TPSA) is 70.3 Å². The molecule has 0 radical (unpaired) electrons. The molecule has 1 aromatic carbocycles. The Kier molecular flexibility index (Phi) is 7.94. The number of nitrogens with one attached hydrogen (secondary N) is 4. The first-order chi connectivity index (χ1) is 14.7. The van der Waals surface area contributed by atoms with Crippen molar-refractivity contribution in [2.75, 3.05) is 56.0 Å². The summed E-state index contributed by atoms with van der Waals surface area (Å²) in [7, 11) is 0. The number of benzene rings is 1. The maximum Gasteiger partial charge on any atom is 0.282 e. The lowest BCUT2D eigenvalue weighted by atomic mass is 10.1. The zero-order valence-corrected chi connectivity index (χ0v) is 19.7. The van der Waals surface area contributed by atoms with Gasteiger partial charge in [-0.25, -0.2) is 0 Å². The van der Waals surface area contributed by atoms with E-state index in [0.717, 1.165) is 45.0 Å². The third-order valence-electron chi connectivity index (χ3n) is 6.39. The molecule has 172 valence electrons. The van der Waals surface area contributed by atoms with Gasteiger partial charge in [-0.2, -0.15) is 0 Å². The van der Waals surface area contributed by atoms with E-state index in [9.17, 15) is 9.59 Å². The van der Waals surface area contributed by atoms with Crippen molar-refractivity contribution in [3.05, 3.63) is 24.3 Å². The Morgan fingerprint density at radius 2 is 1.61 bits per heavy atom. The Balaban J connectivity index is 1.43. The second-order valence-corrected chi connectivity index (χ2v) is 10.2. The molecule has 2 saturated heterocycles. The first-order valence-electron chi connectivity index (χ1n) is 11.9. The summed E-state index contributed by atoms with van der Waals surface area (Å²) in [6, 6.07) is 8.15. The van der Waals surface area contributed by atoms with Crippen LogP contribution in [0.5, 0.6) is 0 Å². The number of piperidine rings is 1. The summed E-state index contributed by atoms with van der Waals surface area (Å²) in [4.78, 5) is 30.0. The third kappa shape index (κ3) is 7.21. The van der Waals surface area contributed by atoms with E-state index >= 15 is 0 Å². The zero-order valence-electron chi connectivity index (χ0n) is 19.7. The lowest BCUT2D eigenvalue weighted by Gasteiger charge is -2.33. The maximum atomic E-state index is 12.8. The molecule has 0 spiro atoms. The summed E-state index contributed by atoms with van der Waals surface area (Å²) in [5, 5.41) is 6.13. The summed E-state index contributed by atoms with van der Waals surface area (Å²) in [6.07, 6.45) is 3.84. The van der Waals surface area contributed by atoms with Crippen LogP contribution in [0, 0.1) is 0 Å². The predicted octanol–water partition coefficient (Wildman–Crippen LogP) is -0.298. The number of piperazine rings is 1. The molecular weight excluding hydrogens is 390 g/mol. The molecule has 1 aromatic rings. The second kappa shape index (κ2) is 10.5. The minimum atomic E-state index is -0.192. The van der Waals surface area contributed by atoms with Gasteiger partial charge in [0.2, 0.25) is 0 Å². The Morgan fingerprint density at radius 1 is 1.00 bits per heavy atom. The van der Waals surface area contributed by atoms with E-state index in [0.29, 0.717) is 6.54 Å². The molecule has 31 heavy (non-hydrogen) atoms. The van der Waals surface area contributed by atoms with Gasteiger partial charge in [0.05, 0.1) is 0 Å². The molecular formula is C24H41N5O2+2. The summed E-state index contributed by atoms with van der Waals surface area (Å²) in [5.74, 6) is 0.166. The fourth-order valence-electron chi connectivity index (χ4n) is 4.57. The molecule has 0 aromatic heterocycles. The SMILES string of the molecule is C[C@H](C(=O)Nc1ccc(N2CCCCC2)cc1)[NH+]1CC[NH+](CC(=O)NC(C)(C)C)CC1. The monoisotopic (exact) mass is 431 g/mol. The summed E-state index contributed by atoms with van der Waals surface area (Å²) in [6.45, 7) is 14.4. The van der Waals surface area contributed by atoms with E-state index in [1.807, 2.05) is 39.8 Å². The smallest absolute Gasteiger partial charge is 0.282 e. The summed E-state index contributed by atoms with van der Waals surface area (Å²) in [5.41, 5.74) is 1.91. The standard InChI is InChI=1S/C24H39N5O2/c1-19(28-16-14-27(15-17-28)18-22(30)26-24(2,3)4)23(31)25-20-8-10-21(11-9-20)29-12-6-5-7-13-29/h8-11,19H,5-7,12-18H2,1-4H3,(H,25,31)(H,26,30)/p+2/t19-/m1/s1. The highest BCUT2D eigenvalue weighted by Gasteiger charge is 2.32. The molecule has 4 N–H and O–H groups in total. The second-order valence-electron chi connectivity index (χ2n) is 10.2. The number of quaternary nitrogens is 2. The first kappa shape index (κ1) is 23.5. The molecule has 7 nitrogen and oxygen atoms in total. The minimum absolute atomic E-state index is 0.0645. The van der Waals surface area contributed by atoms with Crippen LogP contribution >= 0.6 is 0 Å². The van der Waals surface area contributed by atoms with E-state index in [2.05, 4.69) is 27.7 Å². The van der Waals surface area contributed by atoms with Gasteiger partial charge in [0.25, 0.3) is 11.8 Å². The van der Waals surface area contributed by atoms with Crippen LogP contribution < -0.4 is 25.3 Å². The van der Waals surface area contributed by atoms with Gasteiger partial charge < -0.3 is 25.3 Å². The van der Waals surface area contributed by atoms with Gasteiger partial charge in [-0.05, 0) is 71.2 Å². The highest BCUT2D eigenvalue weighted by Crippen LogP contribution is 2.21. The highest BCUT2D eigenvalue weighted by molar-refractivity contribution is 5.93. The quantitative estimate of drug-likeness (QED) is 0.500. The van der Waals surface area contributed by atoms with E-state index in [1.54, 1.807) is 0 Å². The van der Waals surface area contributed by atoms with E-state index in [-0.39, 0.29) is 23.4 Å². The van der Waals surface area contributed by atoms with Crippen molar-refractivity contribution in [2.45, 2.75) is 58.5 Å². The Hall–Kier alpha value is -2.12. The molecule has 2 heterocycles. The molecule has 0 saturated carbocycles. The van der Waals surface area contributed by atoms with Crippen molar-refractivity contribution in [1.29, 1.82) is 0 Å². The molecule has 2 aliphatic heterocycles. The van der Waals surface area contributed by atoms with Crippen LogP contribution in [-0.4, -0.2) is 69.2 Å². The fraction of sp³-hybridized carbons (Fsp3) is 0.667. The predicted molar refractivity (Wildman–Crippen MR) is 125 cm³/mol. The highest BCUT2D eigenvalue weighted by atomic mass is 16.2. The number of rotatable bonds is 6. The number of carbonyl (C=O) groups is 2. The zero-order chi connectivity index (χ0) is 22.4. The van der Waals surface area contributed by atoms with Gasteiger partial charge in [-0.3, -0.25) is 9.59 Å². The van der Waals surface area contributed by atoms with E-state index < -0.39 is 0 Å². The van der Waals surface area contributed by atoms with Crippen LogP contribution in [0.15, 0.2) is 24.3 Å². The normalized spacial score (nSPS) is 23.2. The van der Waals surface area contributed by atoms with Crippen LogP contribution in [0.1, 0.15) is 47.0 Å². The van der Waals surface area contributed by atoms with Crippen molar-refractivity contribution in [1.82, 2.24) is 5.32 Å². The van der Waals surface area contributed by atoms with Gasteiger partial charge >= 0.3 is 0 Å². The van der Waals surface area contributed by atoms with Crippen LogP contribution in [0.4, 0.5) is 11.4 Å². The van der Waals surface area contributed by atoms with Gasteiger partial charge in [-0.1, -0.05) is 0 Å². The average Bonchev–Trinajstić information content (AvgIpc) is 2.73. The Labute approximate surface area is 187 Å². The Morgan fingerprint density at radius 3 is 2.19 bits per heavy atom. The summed E-state index contributed by atoms with van der Waals surface area (Å²) < 4.78 is 0. The minimum Gasteiger partial charge on any atom is -0.372 e. The first-order valence-corrected chi connectivity index (χ1v) is 11.9. The molecule has 0 aliphatic carbocycles. The number of amides is 2. The lowest BCUT2D eigenvalue weighted by molar-refractivity contribution is -1.01. The van der Waals surface area contributed by atoms with Gasteiger partial charge in [0.1, 0.15) is 26.2 Å². The molecule has 2 amide bonds. The maximum absolute atomic E-state index is 12.8. The van der Waals surface area contributed by atoms with E-state index in [4.69, 9.17) is 0 Å². The lowest BCUT2D eigenvalue weighted by Crippen LogP contribution is -3.30. The molecule has 2 aliphatic rings. The molecule has 1 atom stereocenters.